The molecule has 1 atom stereocenters. The van der Waals surface area contributed by atoms with Gasteiger partial charge >= 0.3 is 315 Å². The number of halogens is 4. The zero-order valence-corrected chi connectivity index (χ0v) is 36.9. The molecule has 0 heterocycles. The summed E-state index contributed by atoms with van der Waals surface area (Å²) in [6, 6.07) is 27.0. The number of hydrogen-bond donors (Lipinski definition) is 0. The molecule has 0 nitrogen and oxygen atoms in total. The Labute approximate surface area is 336 Å². The Hall–Kier alpha value is -2.38. The normalized spacial score (nSPS) is 18.3. The Morgan fingerprint density at radius 1 is 0.712 bits per heavy atom. The minimum atomic E-state index is -3.91. The quantitative estimate of drug-likeness (QED) is 0.169. The van der Waals surface area contributed by atoms with E-state index in [0.29, 0.717) is 5.92 Å². The first-order valence-corrected chi connectivity index (χ1v) is 24.0. The second-order valence-corrected chi connectivity index (χ2v) is 26.4. The number of allylic oxidation sites excluding steroid dienone is 6. The molecule has 0 saturated carbocycles. The third-order valence-corrected chi connectivity index (χ3v) is 24.1. The fourth-order valence-electron chi connectivity index (χ4n) is 9.02. The Morgan fingerprint density at radius 3 is 1.75 bits per heavy atom. The molecule has 5 heteroatoms. The molecular weight excluding hydrogens is 798 g/mol. The van der Waals surface area contributed by atoms with Crippen LogP contribution in [-0.2, 0) is 36.5 Å². The van der Waals surface area contributed by atoms with Crippen molar-refractivity contribution in [2.45, 2.75) is 72.6 Å². The first kappa shape index (κ1) is 39.3. The van der Waals surface area contributed by atoms with Gasteiger partial charge in [0.15, 0.2) is 0 Å². The fourth-order valence-corrected chi connectivity index (χ4v) is 22.2. The summed E-state index contributed by atoms with van der Waals surface area (Å²) in [5.74, 6) is 0.337. The van der Waals surface area contributed by atoms with Crippen molar-refractivity contribution in [3.8, 4) is 11.1 Å². The van der Waals surface area contributed by atoms with Gasteiger partial charge in [-0.25, -0.2) is 0 Å². The molecule has 8 rings (SSSR count). The minimum absolute atomic E-state index is 0. The molecule has 0 N–H and O–H groups in total. The first-order valence-electron chi connectivity index (χ1n) is 18.0. The average Bonchev–Trinajstić information content (AvgIpc) is 3.78. The molecule has 4 aromatic rings. The number of rotatable bonds is 4. The van der Waals surface area contributed by atoms with Crippen LogP contribution in [0.1, 0.15) is 99.9 Å². The van der Waals surface area contributed by atoms with Crippen LogP contribution in [0.15, 0.2) is 103 Å². The summed E-state index contributed by atoms with van der Waals surface area (Å²) < 4.78 is 8.59. The Balaban J connectivity index is 0.00000232. The molecule has 4 aromatic carbocycles. The summed E-state index contributed by atoms with van der Waals surface area (Å²) in [6.45, 7) is 19.1. The topological polar surface area (TPSA) is 0 Å². The zero-order chi connectivity index (χ0) is 35.4. The number of hydrogen-bond acceptors (Lipinski definition) is 0. The van der Waals surface area contributed by atoms with Gasteiger partial charge in [0.2, 0.25) is 0 Å². The molecule has 52 heavy (non-hydrogen) atoms. The summed E-state index contributed by atoms with van der Waals surface area (Å²) in [7, 11) is 0. The van der Waals surface area contributed by atoms with Crippen LogP contribution in [0, 0.1) is 11.3 Å². The van der Waals surface area contributed by atoms with Crippen LogP contribution < -0.4 is 0 Å². The Morgan fingerprint density at radius 2 is 1.23 bits per heavy atom. The average molecular weight is 846 g/mol. The molecule has 0 saturated heterocycles. The van der Waals surface area contributed by atoms with Gasteiger partial charge in [0.05, 0.1) is 0 Å². The monoisotopic (exact) mass is 842 g/mol. The molecular formula is C47H48Cl4Zr. The molecule has 0 bridgehead atoms. The molecule has 0 radical (unpaired) electrons. The van der Waals surface area contributed by atoms with E-state index in [0.717, 1.165) is 16.5 Å². The molecule has 268 valence electrons. The predicted octanol–water partition coefficient (Wildman–Crippen LogP) is 13.7. The zero-order valence-electron chi connectivity index (χ0n) is 31.3. The molecule has 1 unspecified atom stereocenters. The van der Waals surface area contributed by atoms with Crippen LogP contribution in [0.5, 0.6) is 0 Å². The molecule has 0 aliphatic heterocycles. The van der Waals surface area contributed by atoms with E-state index < -0.39 is 19.3 Å². The van der Waals surface area contributed by atoms with Gasteiger partial charge in [-0.3, -0.25) is 0 Å². The van der Waals surface area contributed by atoms with E-state index in [2.05, 4.69) is 142 Å². The van der Waals surface area contributed by atoms with Crippen molar-refractivity contribution >= 4 is 67.6 Å². The van der Waals surface area contributed by atoms with Crippen LogP contribution in [0.25, 0.3) is 23.3 Å². The van der Waals surface area contributed by atoms with Crippen molar-refractivity contribution in [2.75, 3.05) is 0 Å². The van der Waals surface area contributed by atoms with Gasteiger partial charge in [0, 0.05) is 0 Å². The van der Waals surface area contributed by atoms with Gasteiger partial charge in [-0.2, -0.15) is 0 Å². The molecule has 0 amide bonds. The van der Waals surface area contributed by atoms with Gasteiger partial charge < -0.3 is 0 Å². The summed E-state index contributed by atoms with van der Waals surface area (Å²) in [4.78, 5) is 0. The van der Waals surface area contributed by atoms with Crippen LogP contribution in [0.3, 0.4) is 0 Å². The number of fused-ring (bicyclic) bond motifs is 5. The van der Waals surface area contributed by atoms with E-state index in [1.54, 1.807) is 6.56 Å². The van der Waals surface area contributed by atoms with Crippen LogP contribution in [0.2, 0.25) is 10.0 Å². The van der Waals surface area contributed by atoms with Gasteiger partial charge in [-0.05, 0) is 0 Å². The van der Waals surface area contributed by atoms with Crippen molar-refractivity contribution in [2.24, 2.45) is 11.3 Å². The van der Waals surface area contributed by atoms with Crippen LogP contribution in [-0.4, -0.2) is 7.42 Å². The standard InChI is InChI=1S/C23H21.C10H15.2C7H5Cl.2ClH.Zr/c1-22(2)7-5-14-10-18-16(12-20(14)22)9-17-13-21-15(11-19(17)18)6-8-23(21,3)4;1-8-5-6-9(7-8)10(2,3)4;2*1-6-2-4-7(8)5-3-6;;;/h5-7,10-13H,9H2,1-4H3;6-8H,1-4H3;2*1-5H;2*1H;. The van der Waals surface area contributed by atoms with E-state index in [-0.39, 0.29) is 41.1 Å². The SMILES string of the molecule is CC1C=C(C(C)(C)C)C=[C]1[Zr](=[CH]c1ccc(Cl)cc1)(=[CH]c1ccc(Cl)cc1)[C]1=Cc2cc3c(cc2C1(C)C)Cc1cc2c(cc1-3)C=CC2(C)C.Cl.Cl. The molecule has 0 fully saturated rings. The summed E-state index contributed by atoms with van der Waals surface area (Å²) >= 11 is 9.01. The second-order valence-electron chi connectivity index (χ2n) is 17.1. The first-order chi connectivity index (χ1) is 23.5. The maximum Gasteiger partial charge on any atom is -0.147 e. The number of benzene rings is 4. The van der Waals surface area contributed by atoms with Gasteiger partial charge in [0.25, 0.3) is 0 Å². The summed E-state index contributed by atoms with van der Waals surface area (Å²) in [5.41, 5.74) is 15.3. The van der Waals surface area contributed by atoms with Gasteiger partial charge in [0.1, 0.15) is 0 Å². The maximum absolute atomic E-state index is 6.46. The molecule has 4 aliphatic carbocycles. The Kier molecular flexibility index (Phi) is 10.4. The predicted molar refractivity (Wildman–Crippen MR) is 230 cm³/mol. The van der Waals surface area contributed by atoms with E-state index in [1.165, 1.54) is 61.2 Å². The van der Waals surface area contributed by atoms with E-state index in [9.17, 15) is 0 Å². The van der Waals surface area contributed by atoms with E-state index in [1.807, 2.05) is 24.3 Å². The van der Waals surface area contributed by atoms with Gasteiger partial charge in [-0.15, -0.1) is 24.8 Å². The molecule has 4 aliphatic rings. The van der Waals surface area contributed by atoms with Crippen molar-refractivity contribution in [1.29, 1.82) is 0 Å². The largest absolute Gasteiger partial charge is 0.147 e. The van der Waals surface area contributed by atoms with Crippen LogP contribution in [0.4, 0.5) is 0 Å². The fraction of sp³-hybridized carbons (Fsp3) is 0.277. The molecule has 0 aromatic heterocycles. The maximum atomic E-state index is 6.46. The second kappa shape index (κ2) is 13.7. The minimum Gasteiger partial charge on any atom is -0.147 e. The smallest absolute Gasteiger partial charge is 0.147 e. The third-order valence-electron chi connectivity index (χ3n) is 11.8. The van der Waals surface area contributed by atoms with Crippen molar-refractivity contribution < 1.29 is 19.3 Å². The molecule has 0 spiro atoms. The van der Waals surface area contributed by atoms with E-state index in [4.69, 9.17) is 23.2 Å². The third kappa shape index (κ3) is 6.56. The van der Waals surface area contributed by atoms with E-state index >= 15 is 0 Å². The van der Waals surface area contributed by atoms with Crippen molar-refractivity contribution in [1.82, 2.24) is 0 Å². The van der Waals surface area contributed by atoms with Gasteiger partial charge in [-0.1, -0.05) is 0 Å². The van der Waals surface area contributed by atoms with Crippen LogP contribution >= 0.6 is 48.0 Å². The summed E-state index contributed by atoms with van der Waals surface area (Å²) in [6.07, 6.45) is 13.4. The Bertz CT molecular complexity index is 2310. The summed E-state index contributed by atoms with van der Waals surface area (Å²) in [5, 5.41) is 1.53. The van der Waals surface area contributed by atoms with Crippen molar-refractivity contribution in [3.63, 3.8) is 0 Å². The van der Waals surface area contributed by atoms with Crippen molar-refractivity contribution in [3.05, 3.63) is 158 Å².